The molecular weight excluding hydrogens is 266 g/mol. The quantitative estimate of drug-likeness (QED) is 0.722. The number of nitrogens with one attached hydrogen (secondary N) is 1. The summed E-state index contributed by atoms with van der Waals surface area (Å²) in [6.45, 7) is 9.42. The summed E-state index contributed by atoms with van der Waals surface area (Å²) in [5.41, 5.74) is 2.63. The highest BCUT2D eigenvalue weighted by Gasteiger charge is 2.06. The maximum atomic E-state index is 11.8. The molecule has 1 amide bonds. The van der Waals surface area contributed by atoms with Gasteiger partial charge in [-0.25, -0.2) is 0 Å². The van der Waals surface area contributed by atoms with Crippen LogP contribution >= 0.6 is 11.8 Å². The number of benzene rings is 1. The number of carbonyl (C=O) groups is 1. The average Bonchev–Trinajstić information content (AvgIpc) is 2.44. The Morgan fingerprint density at radius 3 is 2.50 bits per heavy atom. The van der Waals surface area contributed by atoms with E-state index in [1.807, 2.05) is 0 Å². The van der Waals surface area contributed by atoms with Crippen LogP contribution in [0.25, 0.3) is 0 Å². The summed E-state index contributed by atoms with van der Waals surface area (Å²) in [6.07, 6.45) is 2.86. The fourth-order valence-corrected chi connectivity index (χ4v) is 2.94. The van der Waals surface area contributed by atoms with Gasteiger partial charge in [0.2, 0.25) is 5.91 Å². The Morgan fingerprint density at radius 1 is 1.20 bits per heavy atom. The standard InChI is InChI=1S/C17H27NOS/c1-5-15(6-2)12-18-17(19)9-10-20-16-8-7-13(3)14(4)11-16/h7-8,11,15H,5-6,9-10,12H2,1-4H3,(H,18,19). The Morgan fingerprint density at radius 2 is 1.90 bits per heavy atom. The highest BCUT2D eigenvalue weighted by Crippen LogP contribution is 2.21. The molecule has 0 radical (unpaired) electrons. The Balaban J connectivity index is 2.26. The molecule has 0 aliphatic heterocycles. The third-order valence-electron chi connectivity index (χ3n) is 3.82. The molecule has 0 aliphatic carbocycles. The van der Waals surface area contributed by atoms with Crippen molar-refractivity contribution in [1.82, 2.24) is 5.32 Å². The topological polar surface area (TPSA) is 29.1 Å². The molecule has 0 saturated heterocycles. The minimum absolute atomic E-state index is 0.174. The van der Waals surface area contributed by atoms with Gasteiger partial charge in [0.05, 0.1) is 0 Å². The fourth-order valence-electron chi connectivity index (χ4n) is 1.99. The molecule has 0 heterocycles. The maximum Gasteiger partial charge on any atom is 0.220 e. The molecule has 0 unspecified atom stereocenters. The summed E-state index contributed by atoms with van der Waals surface area (Å²) in [7, 11) is 0. The lowest BCUT2D eigenvalue weighted by Crippen LogP contribution is -2.29. The van der Waals surface area contributed by atoms with Crippen LogP contribution < -0.4 is 5.32 Å². The van der Waals surface area contributed by atoms with Crippen LogP contribution in [0.1, 0.15) is 44.2 Å². The van der Waals surface area contributed by atoms with Crippen molar-refractivity contribution in [3.63, 3.8) is 0 Å². The maximum absolute atomic E-state index is 11.8. The SMILES string of the molecule is CCC(CC)CNC(=O)CCSc1ccc(C)c(C)c1. The van der Waals surface area contributed by atoms with Crippen LogP contribution in [0.2, 0.25) is 0 Å². The Hall–Kier alpha value is -0.960. The summed E-state index contributed by atoms with van der Waals surface area (Å²) in [5, 5.41) is 3.04. The molecule has 0 spiro atoms. The van der Waals surface area contributed by atoms with Gasteiger partial charge in [-0.3, -0.25) is 4.79 Å². The number of hydrogen-bond acceptors (Lipinski definition) is 2. The van der Waals surface area contributed by atoms with Crippen LogP contribution in [0.4, 0.5) is 0 Å². The first kappa shape index (κ1) is 17.1. The zero-order valence-corrected chi connectivity index (χ0v) is 14.0. The van der Waals surface area contributed by atoms with Crippen molar-refractivity contribution in [2.75, 3.05) is 12.3 Å². The molecule has 112 valence electrons. The molecule has 0 fully saturated rings. The van der Waals surface area contributed by atoms with Gasteiger partial charge >= 0.3 is 0 Å². The Kier molecular flexibility index (Phi) is 7.75. The second kappa shape index (κ2) is 9.06. The molecule has 1 N–H and O–H groups in total. The van der Waals surface area contributed by atoms with Crippen molar-refractivity contribution >= 4 is 17.7 Å². The summed E-state index contributed by atoms with van der Waals surface area (Å²) < 4.78 is 0. The molecule has 0 aromatic heterocycles. The van der Waals surface area contributed by atoms with Gasteiger partial charge in [-0.05, 0) is 43.0 Å². The number of amides is 1. The molecule has 1 aromatic rings. The fraction of sp³-hybridized carbons (Fsp3) is 0.588. The molecular formula is C17H27NOS. The Bertz CT molecular complexity index is 427. The van der Waals surface area contributed by atoms with E-state index < -0.39 is 0 Å². The van der Waals surface area contributed by atoms with Crippen molar-refractivity contribution < 1.29 is 4.79 Å². The first-order valence-electron chi connectivity index (χ1n) is 7.53. The third kappa shape index (κ3) is 6.00. The molecule has 0 atom stereocenters. The van der Waals surface area contributed by atoms with E-state index in [0.717, 1.165) is 25.1 Å². The van der Waals surface area contributed by atoms with Gasteiger partial charge in [-0.15, -0.1) is 11.8 Å². The minimum Gasteiger partial charge on any atom is -0.356 e. The number of carbonyl (C=O) groups excluding carboxylic acids is 1. The average molecular weight is 293 g/mol. The van der Waals surface area contributed by atoms with Crippen LogP contribution in [0.5, 0.6) is 0 Å². The number of hydrogen-bond donors (Lipinski definition) is 1. The number of aryl methyl sites for hydroxylation is 2. The first-order valence-corrected chi connectivity index (χ1v) is 8.52. The second-order valence-corrected chi connectivity index (χ2v) is 6.50. The van der Waals surface area contributed by atoms with Crippen LogP contribution in [-0.2, 0) is 4.79 Å². The highest BCUT2D eigenvalue weighted by atomic mass is 32.2. The largest absolute Gasteiger partial charge is 0.356 e. The predicted molar refractivity (Wildman–Crippen MR) is 88.3 cm³/mol. The van der Waals surface area contributed by atoms with E-state index in [0.29, 0.717) is 12.3 Å². The molecule has 1 aromatic carbocycles. The number of rotatable bonds is 8. The second-order valence-electron chi connectivity index (χ2n) is 5.33. The van der Waals surface area contributed by atoms with E-state index in [-0.39, 0.29) is 5.91 Å². The van der Waals surface area contributed by atoms with Crippen molar-refractivity contribution in [3.05, 3.63) is 29.3 Å². The molecule has 2 nitrogen and oxygen atoms in total. The summed E-state index contributed by atoms with van der Waals surface area (Å²) in [5.74, 6) is 1.64. The minimum atomic E-state index is 0.174. The zero-order chi connectivity index (χ0) is 15.0. The van der Waals surface area contributed by atoms with Gasteiger partial charge in [0, 0.05) is 23.6 Å². The van der Waals surface area contributed by atoms with Crippen LogP contribution in [0.3, 0.4) is 0 Å². The molecule has 3 heteroatoms. The summed E-state index contributed by atoms with van der Waals surface area (Å²) >= 11 is 1.76. The monoisotopic (exact) mass is 293 g/mol. The van der Waals surface area contributed by atoms with Gasteiger partial charge < -0.3 is 5.32 Å². The van der Waals surface area contributed by atoms with Gasteiger partial charge in [-0.2, -0.15) is 0 Å². The third-order valence-corrected chi connectivity index (χ3v) is 4.81. The molecule has 0 bridgehead atoms. The number of thioether (sulfide) groups is 1. The van der Waals surface area contributed by atoms with E-state index in [1.165, 1.54) is 16.0 Å². The molecule has 1 rings (SSSR count). The Labute approximate surface area is 127 Å². The first-order chi connectivity index (χ1) is 9.56. The molecule has 0 aliphatic rings. The lowest BCUT2D eigenvalue weighted by molar-refractivity contribution is -0.120. The van der Waals surface area contributed by atoms with Crippen molar-refractivity contribution in [3.8, 4) is 0 Å². The summed E-state index contributed by atoms with van der Waals surface area (Å²) in [6, 6.07) is 6.47. The lowest BCUT2D eigenvalue weighted by atomic mass is 10.0. The smallest absolute Gasteiger partial charge is 0.220 e. The van der Waals surface area contributed by atoms with Crippen molar-refractivity contribution in [2.24, 2.45) is 5.92 Å². The van der Waals surface area contributed by atoms with Crippen molar-refractivity contribution in [1.29, 1.82) is 0 Å². The van der Waals surface area contributed by atoms with Gasteiger partial charge in [-0.1, -0.05) is 32.8 Å². The molecule has 20 heavy (non-hydrogen) atoms. The lowest BCUT2D eigenvalue weighted by Gasteiger charge is -2.13. The zero-order valence-electron chi connectivity index (χ0n) is 13.2. The van der Waals surface area contributed by atoms with Crippen molar-refractivity contribution in [2.45, 2.75) is 51.9 Å². The van der Waals surface area contributed by atoms with E-state index in [2.05, 4.69) is 51.2 Å². The normalized spacial score (nSPS) is 10.8. The van der Waals surface area contributed by atoms with E-state index in [9.17, 15) is 4.79 Å². The van der Waals surface area contributed by atoms with E-state index >= 15 is 0 Å². The van der Waals surface area contributed by atoms with Gasteiger partial charge in [0.15, 0.2) is 0 Å². The van der Waals surface area contributed by atoms with Gasteiger partial charge in [0.25, 0.3) is 0 Å². The van der Waals surface area contributed by atoms with Crippen LogP contribution in [-0.4, -0.2) is 18.2 Å². The predicted octanol–water partition coefficient (Wildman–Crippen LogP) is 4.34. The van der Waals surface area contributed by atoms with Gasteiger partial charge in [0.1, 0.15) is 0 Å². The van der Waals surface area contributed by atoms with Crippen LogP contribution in [0.15, 0.2) is 23.1 Å². The molecule has 0 saturated carbocycles. The summed E-state index contributed by atoms with van der Waals surface area (Å²) in [4.78, 5) is 13.0. The van der Waals surface area contributed by atoms with E-state index in [4.69, 9.17) is 0 Å². The van der Waals surface area contributed by atoms with Crippen LogP contribution in [0, 0.1) is 19.8 Å². The highest BCUT2D eigenvalue weighted by molar-refractivity contribution is 7.99. The van der Waals surface area contributed by atoms with E-state index in [1.54, 1.807) is 11.8 Å².